The number of nitrogens with one attached hydrogen (secondary N) is 3. The molecule has 0 bridgehead atoms. The highest BCUT2D eigenvalue weighted by molar-refractivity contribution is 7.15. The molecular formula is C19H20FN5OS. The van der Waals surface area contributed by atoms with Crippen LogP contribution in [0.3, 0.4) is 0 Å². The third-order valence-corrected chi connectivity index (χ3v) is 6.14. The molecule has 2 unspecified atom stereocenters. The van der Waals surface area contributed by atoms with E-state index in [1.807, 2.05) is 13.8 Å². The van der Waals surface area contributed by atoms with Crippen LogP contribution in [0.5, 0.6) is 0 Å². The minimum atomic E-state index is -0.276. The quantitative estimate of drug-likeness (QED) is 0.645. The minimum absolute atomic E-state index is 0.0366. The molecule has 4 rings (SSSR count). The second-order valence-electron chi connectivity index (χ2n) is 6.72. The SMILES string of the molecule is Cc1nc(-c2ccc(F)cc2)sc1C(C)NC(=O)C1Cc2cn[nH]c2CN1. The Morgan fingerprint density at radius 2 is 2.15 bits per heavy atom. The van der Waals surface area contributed by atoms with E-state index in [1.165, 1.54) is 23.5 Å². The first-order valence-electron chi connectivity index (χ1n) is 8.79. The summed E-state index contributed by atoms with van der Waals surface area (Å²) in [4.78, 5) is 18.3. The van der Waals surface area contributed by atoms with Gasteiger partial charge in [0.2, 0.25) is 5.91 Å². The molecule has 0 saturated heterocycles. The van der Waals surface area contributed by atoms with Gasteiger partial charge in [0.05, 0.1) is 34.5 Å². The number of carbonyl (C=O) groups is 1. The summed E-state index contributed by atoms with van der Waals surface area (Å²) >= 11 is 1.52. The molecule has 3 N–H and O–H groups in total. The summed E-state index contributed by atoms with van der Waals surface area (Å²) in [6, 6.07) is 5.86. The zero-order valence-electron chi connectivity index (χ0n) is 15.0. The lowest BCUT2D eigenvalue weighted by molar-refractivity contribution is -0.124. The predicted molar refractivity (Wildman–Crippen MR) is 102 cm³/mol. The number of carbonyl (C=O) groups excluding carboxylic acids is 1. The Hall–Kier alpha value is -2.58. The Morgan fingerprint density at radius 3 is 2.93 bits per heavy atom. The predicted octanol–water partition coefficient (Wildman–Crippen LogP) is 2.87. The van der Waals surface area contributed by atoms with Crippen LogP contribution in [0.1, 0.15) is 34.8 Å². The number of hydrogen-bond donors (Lipinski definition) is 3. The Bertz CT molecular complexity index is 965. The van der Waals surface area contributed by atoms with E-state index in [-0.39, 0.29) is 23.8 Å². The number of aromatic nitrogens is 3. The maximum absolute atomic E-state index is 13.1. The van der Waals surface area contributed by atoms with Gasteiger partial charge in [0.1, 0.15) is 10.8 Å². The number of H-pyrrole nitrogens is 1. The second-order valence-corrected chi connectivity index (χ2v) is 7.75. The molecule has 8 heteroatoms. The van der Waals surface area contributed by atoms with Gasteiger partial charge in [0.25, 0.3) is 0 Å². The van der Waals surface area contributed by atoms with Gasteiger partial charge in [-0.05, 0) is 43.7 Å². The van der Waals surface area contributed by atoms with Crippen molar-refractivity contribution in [2.75, 3.05) is 0 Å². The molecule has 27 heavy (non-hydrogen) atoms. The van der Waals surface area contributed by atoms with Gasteiger partial charge in [-0.25, -0.2) is 9.37 Å². The molecule has 1 aromatic carbocycles. The molecule has 0 saturated carbocycles. The maximum Gasteiger partial charge on any atom is 0.237 e. The summed E-state index contributed by atoms with van der Waals surface area (Å²) in [5, 5.41) is 14.1. The van der Waals surface area contributed by atoms with Gasteiger partial charge in [-0.15, -0.1) is 11.3 Å². The number of benzene rings is 1. The van der Waals surface area contributed by atoms with E-state index in [0.717, 1.165) is 32.4 Å². The summed E-state index contributed by atoms with van der Waals surface area (Å²) in [7, 11) is 0. The highest BCUT2D eigenvalue weighted by Gasteiger charge is 2.27. The van der Waals surface area contributed by atoms with Crippen molar-refractivity contribution in [2.24, 2.45) is 0 Å². The van der Waals surface area contributed by atoms with Crippen molar-refractivity contribution in [2.45, 2.75) is 38.9 Å². The summed E-state index contributed by atoms with van der Waals surface area (Å²) in [5.74, 6) is -0.306. The molecule has 1 aliphatic rings. The van der Waals surface area contributed by atoms with E-state index in [0.29, 0.717) is 13.0 Å². The number of fused-ring (bicyclic) bond motifs is 1. The van der Waals surface area contributed by atoms with E-state index in [2.05, 4.69) is 25.8 Å². The topological polar surface area (TPSA) is 82.7 Å². The van der Waals surface area contributed by atoms with Crippen LogP contribution in [0.4, 0.5) is 4.39 Å². The summed E-state index contributed by atoms with van der Waals surface area (Å²) in [6.07, 6.45) is 2.40. The van der Waals surface area contributed by atoms with Crippen molar-refractivity contribution in [1.29, 1.82) is 0 Å². The average Bonchev–Trinajstić information content (AvgIpc) is 3.28. The smallest absolute Gasteiger partial charge is 0.237 e. The van der Waals surface area contributed by atoms with Gasteiger partial charge in [0, 0.05) is 18.5 Å². The molecule has 0 spiro atoms. The van der Waals surface area contributed by atoms with Gasteiger partial charge in [-0.2, -0.15) is 5.10 Å². The van der Waals surface area contributed by atoms with Gasteiger partial charge >= 0.3 is 0 Å². The molecule has 6 nitrogen and oxygen atoms in total. The van der Waals surface area contributed by atoms with E-state index in [9.17, 15) is 9.18 Å². The van der Waals surface area contributed by atoms with Crippen LogP contribution in [0.25, 0.3) is 10.6 Å². The average molecular weight is 385 g/mol. The number of halogens is 1. The van der Waals surface area contributed by atoms with Crippen LogP contribution < -0.4 is 10.6 Å². The lowest BCUT2D eigenvalue weighted by Crippen LogP contribution is -2.48. The number of aromatic amines is 1. The molecule has 140 valence electrons. The molecule has 3 aromatic rings. The first-order valence-corrected chi connectivity index (χ1v) is 9.61. The summed E-state index contributed by atoms with van der Waals surface area (Å²) in [5.41, 5.74) is 3.86. The highest BCUT2D eigenvalue weighted by Crippen LogP contribution is 2.32. The number of amides is 1. The van der Waals surface area contributed by atoms with E-state index in [1.54, 1.807) is 18.3 Å². The Labute approximate surface area is 160 Å². The van der Waals surface area contributed by atoms with Crippen LogP contribution in [0.2, 0.25) is 0 Å². The first-order chi connectivity index (χ1) is 13.0. The van der Waals surface area contributed by atoms with E-state index in [4.69, 9.17) is 0 Å². The van der Waals surface area contributed by atoms with Crippen molar-refractivity contribution < 1.29 is 9.18 Å². The lowest BCUT2D eigenvalue weighted by atomic mass is 10.0. The Morgan fingerprint density at radius 1 is 1.37 bits per heavy atom. The number of thiazole rings is 1. The van der Waals surface area contributed by atoms with Crippen molar-refractivity contribution in [3.05, 3.63) is 58.1 Å². The van der Waals surface area contributed by atoms with E-state index < -0.39 is 0 Å². The molecule has 2 aromatic heterocycles. The van der Waals surface area contributed by atoms with Gasteiger partial charge in [-0.1, -0.05) is 0 Å². The van der Waals surface area contributed by atoms with Gasteiger partial charge in [0.15, 0.2) is 0 Å². The fourth-order valence-corrected chi connectivity index (χ4v) is 4.35. The fraction of sp³-hybridized carbons (Fsp3) is 0.316. The molecule has 1 aliphatic heterocycles. The largest absolute Gasteiger partial charge is 0.347 e. The van der Waals surface area contributed by atoms with Crippen LogP contribution in [-0.2, 0) is 17.8 Å². The van der Waals surface area contributed by atoms with Crippen molar-refractivity contribution in [3.8, 4) is 10.6 Å². The zero-order valence-corrected chi connectivity index (χ0v) is 15.9. The lowest BCUT2D eigenvalue weighted by Gasteiger charge is -2.24. The third-order valence-electron chi connectivity index (χ3n) is 4.75. The molecule has 0 fully saturated rings. The van der Waals surface area contributed by atoms with Crippen molar-refractivity contribution >= 4 is 17.2 Å². The molecular weight excluding hydrogens is 365 g/mol. The van der Waals surface area contributed by atoms with Crippen molar-refractivity contribution in [3.63, 3.8) is 0 Å². The van der Waals surface area contributed by atoms with Crippen molar-refractivity contribution in [1.82, 2.24) is 25.8 Å². The zero-order chi connectivity index (χ0) is 19.0. The van der Waals surface area contributed by atoms with Gasteiger partial charge < -0.3 is 5.32 Å². The number of nitrogens with zero attached hydrogens (tertiary/aromatic N) is 2. The van der Waals surface area contributed by atoms with Gasteiger partial charge in [-0.3, -0.25) is 15.2 Å². The Kier molecular flexibility index (Phi) is 4.75. The highest BCUT2D eigenvalue weighted by atomic mass is 32.1. The fourth-order valence-electron chi connectivity index (χ4n) is 3.27. The number of rotatable bonds is 4. The molecule has 1 amide bonds. The maximum atomic E-state index is 13.1. The molecule has 2 atom stereocenters. The van der Waals surface area contributed by atoms with E-state index >= 15 is 0 Å². The second kappa shape index (κ2) is 7.21. The Balaban J connectivity index is 1.46. The third kappa shape index (κ3) is 3.63. The van der Waals surface area contributed by atoms with Crippen LogP contribution in [0.15, 0.2) is 30.5 Å². The molecule has 0 aliphatic carbocycles. The number of aryl methyl sites for hydroxylation is 1. The normalized spacial score (nSPS) is 17.4. The van der Waals surface area contributed by atoms with Crippen LogP contribution in [-0.4, -0.2) is 27.1 Å². The summed E-state index contributed by atoms with van der Waals surface area (Å²) < 4.78 is 13.1. The van der Waals surface area contributed by atoms with Crippen LogP contribution in [0, 0.1) is 12.7 Å². The number of hydrogen-bond acceptors (Lipinski definition) is 5. The first kappa shape index (κ1) is 17.8. The monoisotopic (exact) mass is 385 g/mol. The molecule has 0 radical (unpaired) electrons. The molecule has 3 heterocycles. The minimum Gasteiger partial charge on any atom is -0.347 e. The standard InChI is InChI=1S/C19H20FN5OS/c1-10(23-18(26)15-7-13-8-22-25-16(13)9-21-15)17-11(2)24-19(27-17)12-3-5-14(20)6-4-12/h3-6,8,10,15,21H,7,9H2,1-2H3,(H,22,25)(H,23,26). The summed E-state index contributed by atoms with van der Waals surface area (Å²) in [6.45, 7) is 4.49. The van der Waals surface area contributed by atoms with Crippen LogP contribution >= 0.6 is 11.3 Å².